The Morgan fingerprint density at radius 2 is 1.75 bits per heavy atom. The number of carbonyl (C=O) groups is 1. The molecule has 5 nitrogen and oxygen atoms in total. The number of hydrogen-bond donors (Lipinski definition) is 1. The van der Waals surface area contributed by atoms with E-state index in [4.69, 9.17) is 9.47 Å². The van der Waals surface area contributed by atoms with Crippen molar-refractivity contribution in [2.45, 2.75) is 6.61 Å². The van der Waals surface area contributed by atoms with Gasteiger partial charge < -0.3 is 9.47 Å². The summed E-state index contributed by atoms with van der Waals surface area (Å²) in [5, 5.41) is 3.88. The van der Waals surface area contributed by atoms with Crippen LogP contribution in [0.25, 0.3) is 0 Å². The highest BCUT2D eigenvalue weighted by Crippen LogP contribution is 2.15. The summed E-state index contributed by atoms with van der Waals surface area (Å²) in [6.07, 6.45) is 1.50. The zero-order valence-electron chi connectivity index (χ0n) is 15.0. The molecule has 0 unspecified atom stereocenters. The fourth-order valence-electron chi connectivity index (χ4n) is 2.34. The molecule has 3 rings (SSSR count). The average molecular weight is 378 g/mol. The molecule has 0 heterocycles. The van der Waals surface area contributed by atoms with Crippen LogP contribution in [0.5, 0.6) is 11.5 Å². The van der Waals surface area contributed by atoms with Crippen LogP contribution in [0.2, 0.25) is 0 Å². The summed E-state index contributed by atoms with van der Waals surface area (Å²) < 4.78 is 24.3. The first-order chi connectivity index (χ1) is 13.7. The highest BCUT2D eigenvalue weighted by molar-refractivity contribution is 5.83. The van der Waals surface area contributed by atoms with E-state index in [9.17, 15) is 9.18 Å². The second-order valence-corrected chi connectivity index (χ2v) is 5.86. The van der Waals surface area contributed by atoms with Gasteiger partial charge >= 0.3 is 0 Å². The van der Waals surface area contributed by atoms with E-state index in [1.807, 2.05) is 54.6 Å². The van der Waals surface area contributed by atoms with Crippen molar-refractivity contribution >= 4 is 12.1 Å². The molecule has 6 heteroatoms. The fourth-order valence-corrected chi connectivity index (χ4v) is 2.34. The van der Waals surface area contributed by atoms with Crippen LogP contribution >= 0.6 is 0 Å². The van der Waals surface area contributed by atoms with Gasteiger partial charge in [-0.05, 0) is 35.4 Å². The molecule has 0 fully saturated rings. The first kappa shape index (κ1) is 19.1. The molecule has 0 saturated heterocycles. The molecule has 0 atom stereocenters. The SMILES string of the molecule is O=C(COc1ccccc1F)N/N=C\c1cccc(OCc2ccccc2)c1. The highest BCUT2D eigenvalue weighted by atomic mass is 19.1. The average Bonchev–Trinajstić information content (AvgIpc) is 2.73. The molecule has 0 bridgehead atoms. The van der Waals surface area contributed by atoms with Crippen molar-refractivity contribution < 1.29 is 18.7 Å². The number of para-hydroxylation sites is 1. The highest BCUT2D eigenvalue weighted by Gasteiger charge is 2.05. The quantitative estimate of drug-likeness (QED) is 0.477. The van der Waals surface area contributed by atoms with Crippen LogP contribution in [0.3, 0.4) is 0 Å². The molecule has 1 N–H and O–H groups in total. The van der Waals surface area contributed by atoms with Crippen LogP contribution in [0.1, 0.15) is 11.1 Å². The van der Waals surface area contributed by atoms with Gasteiger partial charge in [0.2, 0.25) is 0 Å². The number of rotatable bonds is 8. The minimum atomic E-state index is -0.522. The fraction of sp³-hybridized carbons (Fsp3) is 0.0909. The summed E-state index contributed by atoms with van der Waals surface area (Å²) in [4.78, 5) is 11.7. The normalized spacial score (nSPS) is 10.6. The van der Waals surface area contributed by atoms with E-state index in [1.54, 1.807) is 12.1 Å². The van der Waals surface area contributed by atoms with Crippen LogP contribution in [0.4, 0.5) is 4.39 Å². The minimum absolute atomic E-state index is 0.0184. The Hall–Kier alpha value is -3.67. The molecule has 0 saturated carbocycles. The summed E-state index contributed by atoms with van der Waals surface area (Å²) >= 11 is 0. The van der Waals surface area contributed by atoms with Gasteiger partial charge in [-0.25, -0.2) is 9.82 Å². The molecule has 0 aliphatic heterocycles. The monoisotopic (exact) mass is 378 g/mol. The van der Waals surface area contributed by atoms with Crippen molar-refractivity contribution in [1.29, 1.82) is 0 Å². The molecular weight excluding hydrogens is 359 g/mol. The summed E-state index contributed by atoms with van der Waals surface area (Å²) in [5.41, 5.74) is 4.18. The van der Waals surface area contributed by atoms with Gasteiger partial charge in [0.25, 0.3) is 5.91 Å². The summed E-state index contributed by atoms with van der Waals surface area (Å²) in [6, 6.07) is 23.1. The minimum Gasteiger partial charge on any atom is -0.489 e. The molecule has 0 aliphatic rings. The lowest BCUT2D eigenvalue weighted by molar-refractivity contribution is -0.123. The first-order valence-corrected chi connectivity index (χ1v) is 8.67. The Kier molecular flexibility index (Phi) is 6.73. The van der Waals surface area contributed by atoms with Crippen molar-refractivity contribution in [3.05, 3.63) is 95.8 Å². The van der Waals surface area contributed by atoms with E-state index >= 15 is 0 Å². The van der Waals surface area contributed by atoms with E-state index in [1.165, 1.54) is 18.3 Å². The van der Waals surface area contributed by atoms with Crippen LogP contribution in [-0.2, 0) is 11.4 Å². The number of halogens is 1. The number of hydrogen-bond acceptors (Lipinski definition) is 4. The number of nitrogens with one attached hydrogen (secondary N) is 1. The van der Waals surface area contributed by atoms with Crippen LogP contribution < -0.4 is 14.9 Å². The molecule has 1 amide bonds. The number of carbonyl (C=O) groups excluding carboxylic acids is 1. The van der Waals surface area contributed by atoms with Gasteiger partial charge in [-0.1, -0.05) is 54.6 Å². The zero-order valence-corrected chi connectivity index (χ0v) is 15.0. The molecule has 0 radical (unpaired) electrons. The number of hydrazone groups is 1. The van der Waals surface area contributed by atoms with Gasteiger partial charge in [0.15, 0.2) is 18.2 Å². The number of benzene rings is 3. The number of amides is 1. The van der Waals surface area contributed by atoms with Gasteiger partial charge in [0.05, 0.1) is 6.21 Å². The first-order valence-electron chi connectivity index (χ1n) is 8.67. The molecular formula is C22H19FN2O3. The molecule has 0 aliphatic carbocycles. The second-order valence-electron chi connectivity index (χ2n) is 5.86. The second kappa shape index (κ2) is 9.87. The van der Waals surface area contributed by atoms with Gasteiger partial charge in [0.1, 0.15) is 12.4 Å². The maximum Gasteiger partial charge on any atom is 0.277 e. The molecule has 0 spiro atoms. The third-order valence-corrected chi connectivity index (χ3v) is 3.70. The molecule has 142 valence electrons. The lowest BCUT2D eigenvalue weighted by atomic mass is 10.2. The molecule has 3 aromatic carbocycles. The molecule has 28 heavy (non-hydrogen) atoms. The van der Waals surface area contributed by atoms with Crippen molar-refractivity contribution in [3.8, 4) is 11.5 Å². The maximum atomic E-state index is 13.4. The summed E-state index contributed by atoms with van der Waals surface area (Å²) in [7, 11) is 0. The molecule has 3 aromatic rings. The van der Waals surface area contributed by atoms with Crippen molar-refractivity contribution in [2.75, 3.05) is 6.61 Å². The van der Waals surface area contributed by atoms with E-state index in [0.29, 0.717) is 12.4 Å². The predicted octanol–water partition coefficient (Wildman–Crippen LogP) is 3.93. The Labute approximate surface area is 162 Å². The Morgan fingerprint density at radius 1 is 0.964 bits per heavy atom. The standard InChI is InChI=1S/C22H19FN2O3/c23-20-11-4-5-12-21(20)28-16-22(26)25-24-14-18-9-6-10-19(13-18)27-15-17-7-2-1-3-8-17/h1-14H,15-16H2,(H,25,26)/b24-14-. The summed E-state index contributed by atoms with van der Waals surface area (Å²) in [6.45, 7) is 0.129. The lowest BCUT2D eigenvalue weighted by Crippen LogP contribution is -2.24. The van der Waals surface area contributed by atoms with E-state index in [-0.39, 0.29) is 12.4 Å². The van der Waals surface area contributed by atoms with Gasteiger partial charge in [-0.2, -0.15) is 5.10 Å². The van der Waals surface area contributed by atoms with Crippen LogP contribution in [0, 0.1) is 5.82 Å². The Balaban J connectivity index is 1.47. The summed E-state index contributed by atoms with van der Waals surface area (Å²) in [5.74, 6) is -0.297. The van der Waals surface area contributed by atoms with Crippen molar-refractivity contribution in [1.82, 2.24) is 5.43 Å². The Morgan fingerprint density at radius 3 is 2.57 bits per heavy atom. The predicted molar refractivity (Wildman–Crippen MR) is 105 cm³/mol. The van der Waals surface area contributed by atoms with E-state index in [2.05, 4.69) is 10.5 Å². The van der Waals surface area contributed by atoms with Crippen LogP contribution in [0.15, 0.2) is 84.0 Å². The topological polar surface area (TPSA) is 59.9 Å². The van der Waals surface area contributed by atoms with E-state index in [0.717, 1.165) is 11.1 Å². The van der Waals surface area contributed by atoms with Crippen molar-refractivity contribution in [3.63, 3.8) is 0 Å². The molecule has 0 aromatic heterocycles. The van der Waals surface area contributed by atoms with E-state index < -0.39 is 11.7 Å². The van der Waals surface area contributed by atoms with Gasteiger partial charge in [0, 0.05) is 0 Å². The number of nitrogens with zero attached hydrogens (tertiary/aromatic N) is 1. The zero-order chi connectivity index (χ0) is 19.6. The van der Waals surface area contributed by atoms with Gasteiger partial charge in [-0.3, -0.25) is 4.79 Å². The third kappa shape index (κ3) is 5.95. The van der Waals surface area contributed by atoms with Crippen LogP contribution in [-0.4, -0.2) is 18.7 Å². The largest absolute Gasteiger partial charge is 0.489 e. The number of ether oxygens (including phenoxy) is 2. The third-order valence-electron chi connectivity index (χ3n) is 3.70. The van der Waals surface area contributed by atoms with Crippen molar-refractivity contribution in [2.24, 2.45) is 5.10 Å². The maximum absolute atomic E-state index is 13.4. The van der Waals surface area contributed by atoms with Gasteiger partial charge in [-0.15, -0.1) is 0 Å². The Bertz CT molecular complexity index is 945. The smallest absolute Gasteiger partial charge is 0.277 e. The lowest BCUT2D eigenvalue weighted by Gasteiger charge is -2.07.